The average molecular weight is 363 g/mol. The summed E-state index contributed by atoms with van der Waals surface area (Å²) in [6.07, 6.45) is 2.56. The molecule has 0 unspecified atom stereocenters. The van der Waals surface area contributed by atoms with Crippen LogP contribution in [0.1, 0.15) is 17.0 Å². The Morgan fingerprint density at radius 2 is 2.04 bits per heavy atom. The van der Waals surface area contributed by atoms with E-state index in [-0.39, 0.29) is 5.75 Å². The number of fused-ring (bicyclic) bond motifs is 1. The van der Waals surface area contributed by atoms with E-state index >= 15 is 0 Å². The van der Waals surface area contributed by atoms with Crippen molar-refractivity contribution >= 4 is 11.0 Å². The Morgan fingerprint density at radius 3 is 2.85 bits per heavy atom. The molecule has 0 aliphatic heterocycles. The van der Waals surface area contributed by atoms with Crippen molar-refractivity contribution in [3.8, 4) is 22.8 Å². The van der Waals surface area contributed by atoms with Crippen LogP contribution < -0.4 is 4.74 Å². The van der Waals surface area contributed by atoms with E-state index in [0.717, 1.165) is 16.9 Å². The predicted octanol–water partition coefficient (Wildman–Crippen LogP) is 3.40. The van der Waals surface area contributed by atoms with E-state index < -0.39 is 0 Å². The van der Waals surface area contributed by atoms with Crippen molar-refractivity contribution in [1.29, 1.82) is 0 Å². The molecule has 0 spiro atoms. The Hall–Kier alpha value is -3.35. The van der Waals surface area contributed by atoms with Crippen LogP contribution in [0.25, 0.3) is 22.3 Å². The van der Waals surface area contributed by atoms with Crippen molar-refractivity contribution < 1.29 is 9.84 Å². The number of nitrogens with zero attached hydrogens (tertiary/aromatic N) is 4. The van der Waals surface area contributed by atoms with Crippen molar-refractivity contribution in [2.24, 2.45) is 0 Å². The molecule has 2 heterocycles. The van der Waals surface area contributed by atoms with Gasteiger partial charge in [0.2, 0.25) is 0 Å². The quantitative estimate of drug-likeness (QED) is 0.567. The van der Waals surface area contributed by atoms with Crippen LogP contribution in [0.3, 0.4) is 0 Å². The van der Waals surface area contributed by atoms with Gasteiger partial charge in [-0.25, -0.2) is 4.98 Å². The molecule has 7 heteroatoms. The highest BCUT2D eigenvalue weighted by Gasteiger charge is 2.12. The van der Waals surface area contributed by atoms with Gasteiger partial charge in [0.05, 0.1) is 24.3 Å². The number of H-pyrrole nitrogens is 1. The molecule has 7 nitrogen and oxygen atoms in total. The second-order valence-electron chi connectivity index (χ2n) is 6.59. The lowest BCUT2D eigenvalue weighted by Gasteiger charge is -2.05. The summed E-state index contributed by atoms with van der Waals surface area (Å²) in [5.74, 6) is 1.72. The fourth-order valence-electron chi connectivity index (χ4n) is 3.13. The topological polar surface area (TPSA) is 88.9 Å². The van der Waals surface area contributed by atoms with E-state index in [2.05, 4.69) is 41.3 Å². The van der Waals surface area contributed by atoms with Gasteiger partial charge in [-0.3, -0.25) is 4.68 Å². The predicted molar refractivity (Wildman–Crippen MR) is 103 cm³/mol. The number of aryl methyl sites for hydroxylation is 4. The van der Waals surface area contributed by atoms with Crippen LogP contribution in [0.5, 0.6) is 11.5 Å². The molecule has 4 aromatic rings. The lowest BCUT2D eigenvalue weighted by molar-refractivity contribution is 0.414. The van der Waals surface area contributed by atoms with E-state index in [0.29, 0.717) is 30.0 Å². The third-order valence-corrected chi connectivity index (χ3v) is 4.80. The van der Waals surface area contributed by atoms with E-state index in [9.17, 15) is 5.11 Å². The first-order chi connectivity index (χ1) is 13.0. The maximum absolute atomic E-state index is 9.74. The number of nitrogens with one attached hydrogen (secondary N) is 1. The van der Waals surface area contributed by atoms with Crippen LogP contribution in [0, 0.1) is 13.8 Å². The molecular formula is C20H21N5O2. The van der Waals surface area contributed by atoms with Crippen molar-refractivity contribution in [1.82, 2.24) is 25.0 Å². The van der Waals surface area contributed by atoms with Crippen LogP contribution in [0.4, 0.5) is 0 Å². The SMILES string of the molecule is COc1ccc(O)cc1-c1cn(CCc2nc3c(C)c(C)ccc3[nH]2)nn1. The normalized spacial score (nSPS) is 11.2. The Kier molecular flexibility index (Phi) is 4.27. The zero-order valence-corrected chi connectivity index (χ0v) is 15.5. The zero-order chi connectivity index (χ0) is 19.0. The highest BCUT2D eigenvalue weighted by Crippen LogP contribution is 2.31. The van der Waals surface area contributed by atoms with Gasteiger partial charge in [0.15, 0.2) is 0 Å². The van der Waals surface area contributed by atoms with Gasteiger partial charge in [-0.1, -0.05) is 11.3 Å². The minimum atomic E-state index is 0.160. The van der Waals surface area contributed by atoms with E-state index in [1.165, 1.54) is 11.1 Å². The number of phenolic OH excluding ortho intramolecular Hbond substituents is 1. The standard InChI is InChI=1S/C20H21N5O2/c1-12-4-6-16-20(13(12)2)22-19(21-16)8-9-25-11-17(23-24-25)15-10-14(26)5-7-18(15)27-3/h4-7,10-11,26H,8-9H2,1-3H3,(H,21,22). The van der Waals surface area contributed by atoms with Crippen molar-refractivity contribution in [3.63, 3.8) is 0 Å². The maximum atomic E-state index is 9.74. The molecule has 0 saturated carbocycles. The summed E-state index contributed by atoms with van der Waals surface area (Å²) in [7, 11) is 1.59. The van der Waals surface area contributed by atoms with Gasteiger partial charge in [-0.05, 0) is 49.2 Å². The molecule has 4 rings (SSSR count). The molecular weight excluding hydrogens is 342 g/mol. The van der Waals surface area contributed by atoms with E-state index in [4.69, 9.17) is 9.72 Å². The van der Waals surface area contributed by atoms with Gasteiger partial charge in [0, 0.05) is 18.5 Å². The summed E-state index contributed by atoms with van der Waals surface area (Å²) in [6.45, 7) is 4.83. The number of aromatic nitrogens is 5. The first-order valence-electron chi connectivity index (χ1n) is 8.77. The summed E-state index contributed by atoms with van der Waals surface area (Å²) in [5.41, 5.74) is 5.87. The number of aromatic amines is 1. The summed E-state index contributed by atoms with van der Waals surface area (Å²) < 4.78 is 7.11. The van der Waals surface area contributed by atoms with E-state index in [1.54, 1.807) is 30.0 Å². The zero-order valence-electron chi connectivity index (χ0n) is 15.5. The summed E-state index contributed by atoms with van der Waals surface area (Å²) in [5, 5.41) is 18.1. The largest absolute Gasteiger partial charge is 0.508 e. The number of hydrogen-bond acceptors (Lipinski definition) is 5. The second-order valence-corrected chi connectivity index (χ2v) is 6.59. The number of rotatable bonds is 5. The maximum Gasteiger partial charge on any atom is 0.128 e. The summed E-state index contributed by atoms with van der Waals surface area (Å²) >= 11 is 0. The Bertz CT molecular complexity index is 1110. The van der Waals surface area contributed by atoms with Crippen molar-refractivity contribution in [3.05, 3.63) is 53.5 Å². The average Bonchev–Trinajstić information content (AvgIpc) is 3.30. The van der Waals surface area contributed by atoms with Crippen LogP contribution in [-0.4, -0.2) is 37.2 Å². The highest BCUT2D eigenvalue weighted by atomic mass is 16.5. The number of methoxy groups -OCH3 is 1. The molecule has 0 saturated heterocycles. The Morgan fingerprint density at radius 1 is 1.19 bits per heavy atom. The molecule has 0 atom stereocenters. The van der Waals surface area contributed by atoms with Crippen molar-refractivity contribution in [2.75, 3.05) is 7.11 Å². The third kappa shape index (κ3) is 3.23. The van der Waals surface area contributed by atoms with Gasteiger partial charge in [-0.2, -0.15) is 0 Å². The molecule has 0 amide bonds. The number of aromatic hydroxyl groups is 1. The van der Waals surface area contributed by atoms with Crippen LogP contribution in [-0.2, 0) is 13.0 Å². The first kappa shape index (κ1) is 17.1. The number of hydrogen-bond donors (Lipinski definition) is 2. The molecule has 0 aliphatic carbocycles. The minimum absolute atomic E-state index is 0.160. The molecule has 2 N–H and O–H groups in total. The monoisotopic (exact) mass is 363 g/mol. The smallest absolute Gasteiger partial charge is 0.128 e. The number of benzene rings is 2. The lowest BCUT2D eigenvalue weighted by atomic mass is 10.1. The van der Waals surface area contributed by atoms with Gasteiger partial charge in [0.25, 0.3) is 0 Å². The van der Waals surface area contributed by atoms with Crippen LogP contribution in [0.15, 0.2) is 36.5 Å². The Balaban J connectivity index is 1.54. The molecule has 2 aromatic heterocycles. The lowest BCUT2D eigenvalue weighted by Crippen LogP contribution is -2.03. The first-order valence-corrected chi connectivity index (χ1v) is 8.77. The van der Waals surface area contributed by atoms with Crippen molar-refractivity contribution in [2.45, 2.75) is 26.8 Å². The fraction of sp³-hybridized carbons (Fsp3) is 0.250. The second kappa shape index (κ2) is 6.75. The summed E-state index contributed by atoms with van der Waals surface area (Å²) in [6, 6.07) is 9.08. The highest BCUT2D eigenvalue weighted by molar-refractivity contribution is 5.79. The Labute approximate surface area is 156 Å². The fourth-order valence-corrected chi connectivity index (χ4v) is 3.13. The van der Waals surface area contributed by atoms with Gasteiger partial charge < -0.3 is 14.8 Å². The van der Waals surface area contributed by atoms with Gasteiger partial charge in [0.1, 0.15) is 23.0 Å². The van der Waals surface area contributed by atoms with E-state index in [1.807, 2.05) is 6.20 Å². The number of phenols is 1. The molecule has 138 valence electrons. The van der Waals surface area contributed by atoms with Crippen LogP contribution >= 0.6 is 0 Å². The molecule has 0 fully saturated rings. The molecule has 0 bridgehead atoms. The minimum Gasteiger partial charge on any atom is -0.508 e. The molecule has 0 radical (unpaired) electrons. The number of imidazole rings is 1. The third-order valence-electron chi connectivity index (χ3n) is 4.80. The van der Waals surface area contributed by atoms with Gasteiger partial charge >= 0.3 is 0 Å². The molecule has 2 aromatic carbocycles. The molecule has 27 heavy (non-hydrogen) atoms. The summed E-state index contributed by atoms with van der Waals surface area (Å²) in [4.78, 5) is 8.09. The number of ether oxygens (including phenoxy) is 1. The van der Waals surface area contributed by atoms with Gasteiger partial charge in [-0.15, -0.1) is 5.10 Å². The molecule has 0 aliphatic rings. The van der Waals surface area contributed by atoms with Crippen LogP contribution in [0.2, 0.25) is 0 Å².